The first kappa shape index (κ1) is 18.2. The van der Waals surface area contributed by atoms with Crippen LogP contribution in [0.15, 0.2) is 31.0 Å². The Balaban J connectivity index is 1.47. The van der Waals surface area contributed by atoms with E-state index in [0.29, 0.717) is 19.0 Å². The lowest BCUT2D eigenvalue weighted by atomic mass is 10.1. The van der Waals surface area contributed by atoms with Crippen molar-refractivity contribution in [2.45, 2.75) is 38.3 Å². The third-order valence-electron chi connectivity index (χ3n) is 4.68. The standard InChI is InChI=1S/C18H27N7O/c1-23(2)17-6-5-16(12-20-17)22-15-4-3-9-24(10-7-15)18(26)8-11-25-14-19-13-21-25/h5-6,12-15,22H,3-4,7-11H2,1-2H3. The highest BCUT2D eigenvalue weighted by Gasteiger charge is 2.20. The first-order valence-corrected chi connectivity index (χ1v) is 9.12. The highest BCUT2D eigenvalue weighted by atomic mass is 16.2. The predicted molar refractivity (Wildman–Crippen MR) is 101 cm³/mol. The summed E-state index contributed by atoms with van der Waals surface area (Å²) in [5.41, 5.74) is 1.03. The van der Waals surface area contributed by atoms with Crippen LogP contribution in [0.1, 0.15) is 25.7 Å². The third-order valence-corrected chi connectivity index (χ3v) is 4.68. The summed E-state index contributed by atoms with van der Waals surface area (Å²) in [6, 6.07) is 4.45. The van der Waals surface area contributed by atoms with Gasteiger partial charge in [0.2, 0.25) is 5.91 Å². The van der Waals surface area contributed by atoms with Gasteiger partial charge in [0.1, 0.15) is 18.5 Å². The number of pyridine rings is 1. The van der Waals surface area contributed by atoms with E-state index < -0.39 is 0 Å². The van der Waals surface area contributed by atoms with Crippen LogP contribution >= 0.6 is 0 Å². The number of carbonyl (C=O) groups is 1. The van der Waals surface area contributed by atoms with Crippen molar-refractivity contribution in [1.82, 2.24) is 24.6 Å². The number of hydrogen-bond acceptors (Lipinski definition) is 6. The van der Waals surface area contributed by atoms with Crippen LogP contribution in [-0.2, 0) is 11.3 Å². The molecule has 1 unspecified atom stereocenters. The van der Waals surface area contributed by atoms with E-state index in [1.165, 1.54) is 6.33 Å². The summed E-state index contributed by atoms with van der Waals surface area (Å²) >= 11 is 0. The van der Waals surface area contributed by atoms with Gasteiger partial charge in [-0.1, -0.05) is 0 Å². The molecule has 0 aliphatic carbocycles. The van der Waals surface area contributed by atoms with Crippen LogP contribution in [0.25, 0.3) is 0 Å². The van der Waals surface area contributed by atoms with Gasteiger partial charge in [-0.3, -0.25) is 9.48 Å². The quantitative estimate of drug-likeness (QED) is 0.846. The van der Waals surface area contributed by atoms with Crippen molar-refractivity contribution >= 4 is 17.4 Å². The first-order chi connectivity index (χ1) is 12.6. The van der Waals surface area contributed by atoms with E-state index >= 15 is 0 Å². The van der Waals surface area contributed by atoms with E-state index in [1.54, 1.807) is 11.0 Å². The van der Waals surface area contributed by atoms with Crippen molar-refractivity contribution in [2.24, 2.45) is 0 Å². The number of likely N-dealkylation sites (tertiary alicyclic amines) is 1. The van der Waals surface area contributed by atoms with Gasteiger partial charge in [-0.25, -0.2) is 9.97 Å². The Bertz CT molecular complexity index is 684. The van der Waals surface area contributed by atoms with Crippen molar-refractivity contribution in [2.75, 3.05) is 37.4 Å². The van der Waals surface area contributed by atoms with E-state index in [4.69, 9.17) is 0 Å². The maximum atomic E-state index is 12.4. The molecular formula is C18H27N7O. The molecule has 1 atom stereocenters. The van der Waals surface area contributed by atoms with Gasteiger partial charge in [-0.05, 0) is 31.4 Å². The number of nitrogens with one attached hydrogen (secondary N) is 1. The van der Waals surface area contributed by atoms with Crippen LogP contribution in [0.3, 0.4) is 0 Å². The molecule has 0 spiro atoms. The number of hydrogen-bond donors (Lipinski definition) is 1. The molecule has 0 saturated carbocycles. The van der Waals surface area contributed by atoms with E-state index in [-0.39, 0.29) is 5.91 Å². The summed E-state index contributed by atoms with van der Waals surface area (Å²) < 4.78 is 1.70. The first-order valence-electron chi connectivity index (χ1n) is 9.12. The molecule has 0 radical (unpaired) electrons. The normalized spacial score (nSPS) is 17.6. The number of aromatic nitrogens is 4. The average molecular weight is 357 g/mol. The van der Waals surface area contributed by atoms with Crippen LogP contribution in [-0.4, -0.2) is 63.8 Å². The van der Waals surface area contributed by atoms with Crippen molar-refractivity contribution in [1.29, 1.82) is 0 Å². The van der Waals surface area contributed by atoms with Gasteiger partial charge >= 0.3 is 0 Å². The third kappa shape index (κ3) is 4.93. The lowest BCUT2D eigenvalue weighted by molar-refractivity contribution is -0.131. The van der Waals surface area contributed by atoms with Crippen LogP contribution < -0.4 is 10.2 Å². The molecule has 0 bridgehead atoms. The van der Waals surface area contributed by atoms with Crippen LogP contribution in [0.4, 0.5) is 11.5 Å². The lowest BCUT2D eigenvalue weighted by Crippen LogP contribution is -2.33. The molecule has 8 heteroatoms. The van der Waals surface area contributed by atoms with E-state index in [0.717, 1.165) is 43.9 Å². The monoisotopic (exact) mass is 357 g/mol. The molecule has 1 aliphatic rings. The number of amides is 1. The summed E-state index contributed by atoms with van der Waals surface area (Å²) in [6.45, 7) is 2.20. The molecule has 0 aromatic carbocycles. The Hall–Kier alpha value is -2.64. The summed E-state index contributed by atoms with van der Waals surface area (Å²) in [7, 11) is 3.96. The molecule has 1 saturated heterocycles. The highest BCUT2D eigenvalue weighted by Crippen LogP contribution is 2.18. The number of aryl methyl sites for hydroxylation is 1. The highest BCUT2D eigenvalue weighted by molar-refractivity contribution is 5.76. The number of carbonyl (C=O) groups excluding carboxylic acids is 1. The molecule has 1 aliphatic heterocycles. The van der Waals surface area contributed by atoms with Gasteiger partial charge in [0.25, 0.3) is 0 Å². The summed E-state index contributed by atoms with van der Waals surface area (Å²) in [5.74, 6) is 1.14. The maximum Gasteiger partial charge on any atom is 0.224 e. The second-order valence-corrected chi connectivity index (χ2v) is 6.86. The molecule has 3 rings (SSSR count). The summed E-state index contributed by atoms with van der Waals surface area (Å²) in [4.78, 5) is 24.8. The molecular weight excluding hydrogens is 330 g/mol. The van der Waals surface area contributed by atoms with E-state index in [9.17, 15) is 4.79 Å². The molecule has 2 aromatic heterocycles. The molecule has 1 N–H and O–H groups in total. The maximum absolute atomic E-state index is 12.4. The smallest absolute Gasteiger partial charge is 0.224 e. The fourth-order valence-electron chi connectivity index (χ4n) is 3.18. The summed E-state index contributed by atoms with van der Waals surface area (Å²) in [6.07, 6.45) is 8.50. The minimum absolute atomic E-state index is 0.193. The largest absolute Gasteiger partial charge is 0.381 e. The van der Waals surface area contributed by atoms with Crippen molar-refractivity contribution in [3.8, 4) is 0 Å². The van der Waals surface area contributed by atoms with Gasteiger partial charge in [0.05, 0.1) is 18.4 Å². The van der Waals surface area contributed by atoms with Crippen molar-refractivity contribution in [3.63, 3.8) is 0 Å². The Morgan fingerprint density at radius 2 is 2.19 bits per heavy atom. The molecule has 140 valence electrons. The van der Waals surface area contributed by atoms with Crippen molar-refractivity contribution in [3.05, 3.63) is 31.0 Å². The van der Waals surface area contributed by atoms with Gasteiger partial charge in [-0.2, -0.15) is 5.10 Å². The second-order valence-electron chi connectivity index (χ2n) is 6.86. The Morgan fingerprint density at radius 1 is 1.31 bits per heavy atom. The predicted octanol–water partition coefficient (Wildman–Crippen LogP) is 1.62. The number of anilines is 2. The second kappa shape index (κ2) is 8.64. The minimum atomic E-state index is 0.193. The molecule has 1 fully saturated rings. The van der Waals surface area contributed by atoms with Crippen LogP contribution in [0, 0.1) is 0 Å². The zero-order valence-corrected chi connectivity index (χ0v) is 15.5. The zero-order valence-electron chi connectivity index (χ0n) is 15.5. The van der Waals surface area contributed by atoms with Gasteiger partial charge in [0.15, 0.2) is 0 Å². The van der Waals surface area contributed by atoms with E-state index in [1.807, 2.05) is 36.2 Å². The van der Waals surface area contributed by atoms with Gasteiger partial charge < -0.3 is 15.1 Å². The average Bonchev–Trinajstić information content (AvgIpc) is 3.05. The minimum Gasteiger partial charge on any atom is -0.381 e. The van der Waals surface area contributed by atoms with Crippen LogP contribution in [0.2, 0.25) is 0 Å². The molecule has 2 aromatic rings. The topological polar surface area (TPSA) is 79.2 Å². The Morgan fingerprint density at radius 3 is 2.88 bits per heavy atom. The molecule has 8 nitrogen and oxygen atoms in total. The Kier molecular flexibility index (Phi) is 6.04. The summed E-state index contributed by atoms with van der Waals surface area (Å²) in [5, 5.41) is 7.60. The molecule has 26 heavy (non-hydrogen) atoms. The van der Waals surface area contributed by atoms with E-state index in [2.05, 4.69) is 26.4 Å². The fraction of sp³-hybridized carbons (Fsp3) is 0.556. The Labute approximate surface area is 154 Å². The van der Waals surface area contributed by atoms with Gasteiger partial charge in [0, 0.05) is 39.6 Å². The zero-order chi connectivity index (χ0) is 18.4. The SMILES string of the molecule is CN(C)c1ccc(NC2CCCN(C(=O)CCn3cncn3)CC2)cn1. The fourth-order valence-corrected chi connectivity index (χ4v) is 3.18. The van der Waals surface area contributed by atoms with Crippen LogP contribution in [0.5, 0.6) is 0 Å². The molecule has 3 heterocycles. The molecule has 1 amide bonds. The van der Waals surface area contributed by atoms with Crippen molar-refractivity contribution < 1.29 is 4.79 Å². The lowest BCUT2D eigenvalue weighted by Gasteiger charge is -2.21. The number of rotatable bonds is 6. The van der Waals surface area contributed by atoms with Gasteiger partial charge in [-0.15, -0.1) is 0 Å². The number of nitrogens with zero attached hydrogens (tertiary/aromatic N) is 6.